The molecule has 0 unspecified atom stereocenters. The van der Waals surface area contributed by atoms with E-state index in [2.05, 4.69) is 15.4 Å². The van der Waals surface area contributed by atoms with Crippen molar-refractivity contribution < 1.29 is 23.2 Å². The lowest BCUT2D eigenvalue weighted by molar-refractivity contribution is -0.139. The van der Waals surface area contributed by atoms with Gasteiger partial charge >= 0.3 is 0 Å². The number of carbonyl (C=O) groups is 3. The van der Waals surface area contributed by atoms with Gasteiger partial charge in [-0.2, -0.15) is 5.10 Å². The molecule has 0 spiro atoms. The number of carbonyl (C=O) groups excluding carboxylic acids is 3. The highest BCUT2D eigenvalue weighted by Gasteiger charge is 2.40. The number of likely N-dealkylation sites (tertiary alicyclic amines) is 1. The molecule has 220 valence electrons. The van der Waals surface area contributed by atoms with Crippen LogP contribution in [0.3, 0.4) is 0 Å². The van der Waals surface area contributed by atoms with Crippen molar-refractivity contribution in [3.63, 3.8) is 0 Å². The van der Waals surface area contributed by atoms with E-state index in [-0.39, 0.29) is 25.3 Å². The molecule has 0 saturated carbocycles. The molecule has 2 amide bonds. The summed E-state index contributed by atoms with van der Waals surface area (Å²) in [5.41, 5.74) is 5.61. The van der Waals surface area contributed by atoms with E-state index in [1.54, 1.807) is 35.3 Å². The van der Waals surface area contributed by atoms with E-state index in [0.29, 0.717) is 22.0 Å². The number of rotatable bonds is 7. The van der Waals surface area contributed by atoms with Gasteiger partial charge in [-0.1, -0.05) is 0 Å². The van der Waals surface area contributed by atoms with Crippen LogP contribution in [0.5, 0.6) is 0 Å². The number of aromatic nitrogens is 4. The molecular formula is C31H34F2N6O3. The Morgan fingerprint density at radius 3 is 2.52 bits per heavy atom. The smallest absolute Gasteiger partial charge is 0.243 e. The number of allylic oxidation sites excluding steroid dienone is 1. The summed E-state index contributed by atoms with van der Waals surface area (Å²) in [6, 6.07) is 3.77. The van der Waals surface area contributed by atoms with Crippen molar-refractivity contribution >= 4 is 34.1 Å². The molecule has 1 aliphatic rings. The van der Waals surface area contributed by atoms with Crippen molar-refractivity contribution in [3.8, 4) is 11.1 Å². The molecule has 4 aromatic rings. The van der Waals surface area contributed by atoms with Crippen molar-refractivity contribution in [3.05, 3.63) is 65.0 Å². The first-order valence-corrected chi connectivity index (χ1v) is 13.9. The van der Waals surface area contributed by atoms with Gasteiger partial charge < -0.3 is 14.8 Å². The molecule has 11 heteroatoms. The molecular weight excluding hydrogens is 542 g/mol. The standard InChI is InChI=1S/C31H34F2N6O3/c1-16(2)29(33)19(5)35-31(42)26-10-23(32)13-38(26)28(41)15-37-14-25(20(6)40)24-9-21(7-17(3)30(24)37)22-11-34-27-8-18(4)36-39(27)12-22/h7-9,11-12,14,19,23,26H,10,13,15H2,1-6H3,(H,35,42)/t19-,23+,26-/m0/s1. The zero-order valence-electron chi connectivity index (χ0n) is 24.5. The van der Waals surface area contributed by atoms with E-state index in [4.69, 9.17) is 0 Å². The maximum atomic E-state index is 14.5. The third kappa shape index (κ3) is 5.43. The second-order valence-electron chi connectivity index (χ2n) is 11.3. The first-order chi connectivity index (χ1) is 19.8. The van der Waals surface area contributed by atoms with Gasteiger partial charge in [-0.15, -0.1) is 0 Å². The number of nitrogens with zero attached hydrogens (tertiary/aromatic N) is 5. The Hall–Kier alpha value is -4.41. The average Bonchev–Trinajstić information content (AvgIpc) is 3.61. The first-order valence-electron chi connectivity index (χ1n) is 13.9. The van der Waals surface area contributed by atoms with Crippen molar-refractivity contribution in [2.75, 3.05) is 6.54 Å². The summed E-state index contributed by atoms with van der Waals surface area (Å²) in [5, 5.41) is 7.68. The highest BCUT2D eigenvalue weighted by molar-refractivity contribution is 6.09. The van der Waals surface area contributed by atoms with Crippen LogP contribution in [0, 0.1) is 13.8 Å². The van der Waals surface area contributed by atoms with E-state index in [9.17, 15) is 23.2 Å². The summed E-state index contributed by atoms with van der Waals surface area (Å²) in [6.07, 6.45) is 3.71. The number of aryl methyl sites for hydroxylation is 2. The second-order valence-corrected chi connectivity index (χ2v) is 11.3. The van der Waals surface area contributed by atoms with E-state index < -0.39 is 35.9 Å². The molecule has 0 bridgehead atoms. The number of amides is 2. The van der Waals surface area contributed by atoms with E-state index >= 15 is 0 Å². The zero-order chi connectivity index (χ0) is 30.5. The van der Waals surface area contributed by atoms with Gasteiger partial charge in [0.2, 0.25) is 11.8 Å². The fourth-order valence-electron chi connectivity index (χ4n) is 5.72. The molecule has 1 aliphatic heterocycles. The van der Waals surface area contributed by atoms with E-state index in [1.807, 2.05) is 38.2 Å². The number of ketones is 1. The first kappa shape index (κ1) is 29.1. The lowest BCUT2D eigenvalue weighted by atomic mass is 10.0. The number of alkyl halides is 1. The minimum Gasteiger partial charge on any atom is -0.345 e. The summed E-state index contributed by atoms with van der Waals surface area (Å²) in [6.45, 7) is 9.51. The molecule has 1 N–H and O–H groups in total. The summed E-state index contributed by atoms with van der Waals surface area (Å²) in [7, 11) is 0. The molecule has 4 heterocycles. The lowest BCUT2D eigenvalue weighted by Crippen LogP contribution is -2.49. The molecule has 1 saturated heterocycles. The molecule has 0 radical (unpaired) electrons. The molecule has 42 heavy (non-hydrogen) atoms. The number of Topliss-reactive ketones (excluding diaryl/α,β-unsaturated/α-hetero) is 1. The Morgan fingerprint density at radius 2 is 1.83 bits per heavy atom. The number of benzene rings is 1. The maximum Gasteiger partial charge on any atom is 0.243 e. The molecule has 1 fully saturated rings. The Kier molecular flexibility index (Phi) is 7.70. The van der Waals surface area contributed by atoms with Crippen LogP contribution >= 0.6 is 0 Å². The molecule has 3 aromatic heterocycles. The van der Waals surface area contributed by atoms with Crippen molar-refractivity contribution in [2.45, 2.75) is 72.8 Å². The van der Waals surface area contributed by atoms with Crippen LogP contribution < -0.4 is 5.32 Å². The Labute approximate surface area is 242 Å². The zero-order valence-corrected chi connectivity index (χ0v) is 24.5. The van der Waals surface area contributed by atoms with Crippen LogP contribution in [0.2, 0.25) is 0 Å². The fraction of sp³-hybridized carbons (Fsp3) is 0.387. The van der Waals surface area contributed by atoms with Crippen LogP contribution in [0.25, 0.3) is 27.7 Å². The third-order valence-electron chi connectivity index (χ3n) is 7.71. The van der Waals surface area contributed by atoms with Gasteiger partial charge in [-0.05, 0) is 70.4 Å². The van der Waals surface area contributed by atoms with E-state index in [1.165, 1.54) is 18.7 Å². The molecule has 1 aromatic carbocycles. The topological polar surface area (TPSA) is 102 Å². The largest absolute Gasteiger partial charge is 0.345 e. The number of halogens is 2. The van der Waals surface area contributed by atoms with Crippen LogP contribution in [-0.4, -0.2) is 66.5 Å². The van der Waals surface area contributed by atoms with Crippen LogP contribution in [0.15, 0.2) is 48.2 Å². The maximum absolute atomic E-state index is 14.5. The molecule has 5 rings (SSSR count). The van der Waals surface area contributed by atoms with E-state index in [0.717, 1.165) is 28.0 Å². The minimum atomic E-state index is -1.38. The van der Waals surface area contributed by atoms with Crippen molar-refractivity contribution in [2.24, 2.45) is 0 Å². The Balaban J connectivity index is 1.46. The monoisotopic (exact) mass is 576 g/mol. The van der Waals surface area contributed by atoms with Crippen LogP contribution in [0.1, 0.15) is 55.7 Å². The summed E-state index contributed by atoms with van der Waals surface area (Å²) in [5.74, 6) is -1.72. The summed E-state index contributed by atoms with van der Waals surface area (Å²) >= 11 is 0. The van der Waals surface area contributed by atoms with Gasteiger partial charge in [0.1, 0.15) is 24.6 Å². The Morgan fingerprint density at radius 1 is 1.10 bits per heavy atom. The van der Waals surface area contributed by atoms with Gasteiger partial charge in [0, 0.05) is 47.6 Å². The minimum absolute atomic E-state index is 0.164. The molecule has 0 aliphatic carbocycles. The quantitative estimate of drug-likeness (QED) is 0.316. The van der Waals surface area contributed by atoms with Gasteiger partial charge in [-0.3, -0.25) is 14.4 Å². The lowest BCUT2D eigenvalue weighted by Gasteiger charge is -2.25. The van der Waals surface area contributed by atoms with Crippen molar-refractivity contribution in [1.82, 2.24) is 29.4 Å². The fourth-order valence-corrected chi connectivity index (χ4v) is 5.72. The average molecular weight is 577 g/mol. The predicted molar refractivity (Wildman–Crippen MR) is 155 cm³/mol. The van der Waals surface area contributed by atoms with Gasteiger partial charge in [0.05, 0.1) is 23.8 Å². The predicted octanol–water partition coefficient (Wildman–Crippen LogP) is 4.88. The molecule has 9 nitrogen and oxygen atoms in total. The van der Waals surface area contributed by atoms with Crippen LogP contribution in [-0.2, 0) is 16.1 Å². The summed E-state index contributed by atoms with van der Waals surface area (Å²) < 4.78 is 32.2. The van der Waals surface area contributed by atoms with Crippen LogP contribution in [0.4, 0.5) is 8.78 Å². The number of nitrogens with one attached hydrogen (secondary N) is 1. The second kappa shape index (κ2) is 11.1. The van der Waals surface area contributed by atoms with Gasteiger partial charge in [0.15, 0.2) is 11.4 Å². The Bertz CT molecular complexity index is 1770. The number of hydrogen-bond donors (Lipinski definition) is 1. The molecule has 3 atom stereocenters. The number of hydrogen-bond acceptors (Lipinski definition) is 5. The summed E-state index contributed by atoms with van der Waals surface area (Å²) in [4.78, 5) is 44.9. The SMILES string of the molecule is CC(=O)c1cn(CC(=O)N2C[C@H](F)C[C@H]2C(=O)N[C@@H](C)C(F)=C(C)C)c2c(C)cc(-c3cnc4cc(C)nn4c3)cc12. The number of fused-ring (bicyclic) bond motifs is 2. The normalized spacial score (nSPS) is 17.6. The van der Waals surface area contributed by atoms with Gasteiger partial charge in [0.25, 0.3) is 0 Å². The highest BCUT2D eigenvalue weighted by atomic mass is 19.1. The third-order valence-corrected chi connectivity index (χ3v) is 7.71. The van der Waals surface area contributed by atoms with Gasteiger partial charge in [-0.25, -0.2) is 18.3 Å². The van der Waals surface area contributed by atoms with Crippen molar-refractivity contribution in [1.29, 1.82) is 0 Å². The highest BCUT2D eigenvalue weighted by Crippen LogP contribution is 2.32.